The lowest BCUT2D eigenvalue weighted by molar-refractivity contribution is -0.385. The topological polar surface area (TPSA) is 96.0 Å². The lowest BCUT2D eigenvalue weighted by atomic mass is 9.88. The zero-order valence-corrected chi connectivity index (χ0v) is 14.8. The first-order valence-electron chi connectivity index (χ1n) is 8.01. The summed E-state index contributed by atoms with van der Waals surface area (Å²) in [5, 5.41) is 23.8. The Labute approximate surface area is 149 Å². The summed E-state index contributed by atoms with van der Waals surface area (Å²) in [6.45, 7) is 3.79. The molecule has 0 aliphatic heterocycles. The molecule has 0 bridgehead atoms. The molecular weight excluding hydrogens is 338 g/mol. The Hall–Kier alpha value is -2.72. The molecule has 0 saturated heterocycles. The summed E-state index contributed by atoms with van der Waals surface area (Å²) < 4.78 is 0. The highest BCUT2D eigenvalue weighted by atomic mass is 32.1. The number of benzene rings is 1. The molecule has 128 valence electrons. The average molecular weight is 355 g/mol. The summed E-state index contributed by atoms with van der Waals surface area (Å²) in [5.74, 6) is 0.222. The number of carbonyl (C=O) groups is 1. The third kappa shape index (κ3) is 3.26. The van der Waals surface area contributed by atoms with Gasteiger partial charge in [0.05, 0.1) is 10.5 Å². The van der Waals surface area contributed by atoms with Gasteiger partial charge in [0.2, 0.25) is 0 Å². The highest BCUT2D eigenvalue weighted by Gasteiger charge is 2.25. The zero-order chi connectivity index (χ0) is 18.1. The molecule has 0 saturated carbocycles. The van der Waals surface area contributed by atoms with Crippen molar-refractivity contribution in [1.29, 1.82) is 5.26 Å². The number of nitriles is 1. The van der Waals surface area contributed by atoms with E-state index in [9.17, 15) is 20.2 Å². The quantitative estimate of drug-likeness (QED) is 0.659. The van der Waals surface area contributed by atoms with Gasteiger partial charge in [-0.1, -0.05) is 6.92 Å². The Morgan fingerprint density at radius 2 is 2.24 bits per heavy atom. The second-order valence-corrected chi connectivity index (χ2v) is 7.49. The number of nitro benzene ring substituents is 1. The number of nitro groups is 1. The van der Waals surface area contributed by atoms with E-state index in [0.29, 0.717) is 27.6 Å². The van der Waals surface area contributed by atoms with Crippen molar-refractivity contribution in [3.05, 3.63) is 55.4 Å². The first-order chi connectivity index (χ1) is 11.9. The van der Waals surface area contributed by atoms with Crippen LogP contribution in [-0.2, 0) is 12.8 Å². The molecule has 0 fully saturated rings. The molecular formula is C18H17N3O3S. The van der Waals surface area contributed by atoms with Crippen LogP contribution in [0.3, 0.4) is 0 Å². The number of rotatable bonds is 3. The van der Waals surface area contributed by atoms with E-state index in [2.05, 4.69) is 18.3 Å². The Balaban J connectivity index is 1.88. The van der Waals surface area contributed by atoms with Crippen molar-refractivity contribution < 1.29 is 9.72 Å². The van der Waals surface area contributed by atoms with Crippen LogP contribution in [0.2, 0.25) is 0 Å². The monoisotopic (exact) mass is 355 g/mol. The van der Waals surface area contributed by atoms with Crippen LogP contribution < -0.4 is 5.32 Å². The molecule has 1 atom stereocenters. The van der Waals surface area contributed by atoms with Gasteiger partial charge < -0.3 is 5.32 Å². The molecule has 0 spiro atoms. The molecule has 7 heteroatoms. The fourth-order valence-electron chi connectivity index (χ4n) is 3.13. The molecule has 0 radical (unpaired) electrons. The molecule has 0 unspecified atom stereocenters. The van der Waals surface area contributed by atoms with Crippen LogP contribution >= 0.6 is 11.3 Å². The minimum atomic E-state index is -0.473. The van der Waals surface area contributed by atoms with Gasteiger partial charge in [-0.2, -0.15) is 5.26 Å². The summed E-state index contributed by atoms with van der Waals surface area (Å²) in [6, 6.07) is 6.47. The first kappa shape index (κ1) is 17.1. The van der Waals surface area contributed by atoms with Crippen LogP contribution in [0.25, 0.3) is 0 Å². The Morgan fingerprint density at radius 3 is 2.88 bits per heavy atom. The fourth-order valence-corrected chi connectivity index (χ4v) is 4.49. The molecule has 3 rings (SSSR count). The fraction of sp³-hybridized carbons (Fsp3) is 0.333. The molecule has 2 aromatic rings. The Morgan fingerprint density at radius 1 is 1.48 bits per heavy atom. The van der Waals surface area contributed by atoms with Gasteiger partial charge >= 0.3 is 0 Å². The summed E-state index contributed by atoms with van der Waals surface area (Å²) in [4.78, 5) is 24.1. The van der Waals surface area contributed by atoms with Crippen molar-refractivity contribution in [2.24, 2.45) is 5.92 Å². The number of thiophene rings is 1. The van der Waals surface area contributed by atoms with Gasteiger partial charge in [-0.15, -0.1) is 11.3 Å². The van der Waals surface area contributed by atoms with E-state index in [1.807, 2.05) is 0 Å². The normalized spacial score (nSPS) is 16.0. The van der Waals surface area contributed by atoms with Crippen molar-refractivity contribution in [3.63, 3.8) is 0 Å². The second kappa shape index (κ2) is 6.65. The molecule has 6 nitrogen and oxygen atoms in total. The summed E-state index contributed by atoms with van der Waals surface area (Å²) in [6.07, 6.45) is 2.84. The standard InChI is InChI=1S/C18H17N3O3S/c1-10-3-5-13-14(9-19)18(25-16(13)7-10)20-17(22)12-4-6-15(21(23)24)11(2)8-12/h4,6,8,10H,3,5,7H2,1-2H3,(H,20,22)/t10-/m0/s1. The molecule has 1 aliphatic rings. The number of nitrogens with one attached hydrogen (secondary N) is 1. The van der Waals surface area contributed by atoms with Crippen LogP contribution in [0.4, 0.5) is 10.7 Å². The van der Waals surface area contributed by atoms with Crippen LogP contribution in [-0.4, -0.2) is 10.8 Å². The summed E-state index contributed by atoms with van der Waals surface area (Å²) in [5.41, 5.74) is 2.36. The van der Waals surface area contributed by atoms with Crippen LogP contribution in [0.15, 0.2) is 18.2 Å². The van der Waals surface area contributed by atoms with E-state index in [1.54, 1.807) is 6.92 Å². The first-order valence-corrected chi connectivity index (χ1v) is 8.83. The molecule has 1 aromatic heterocycles. The van der Waals surface area contributed by atoms with Gasteiger partial charge in [0, 0.05) is 22.1 Å². The predicted molar refractivity (Wildman–Crippen MR) is 96.0 cm³/mol. The lowest BCUT2D eigenvalue weighted by Gasteiger charge is -2.17. The molecule has 25 heavy (non-hydrogen) atoms. The SMILES string of the molecule is Cc1cc(C(=O)Nc2sc3c(c2C#N)CC[C@H](C)C3)ccc1[N+](=O)[O-]. The van der Waals surface area contributed by atoms with Gasteiger partial charge in [0.25, 0.3) is 11.6 Å². The number of hydrogen-bond acceptors (Lipinski definition) is 5. The van der Waals surface area contributed by atoms with E-state index < -0.39 is 4.92 Å². The van der Waals surface area contributed by atoms with Crippen molar-refractivity contribution in [2.45, 2.75) is 33.1 Å². The van der Waals surface area contributed by atoms with Crippen molar-refractivity contribution in [1.82, 2.24) is 0 Å². The van der Waals surface area contributed by atoms with Gasteiger partial charge in [0.1, 0.15) is 11.1 Å². The third-order valence-electron chi connectivity index (χ3n) is 4.51. The van der Waals surface area contributed by atoms with E-state index in [4.69, 9.17) is 0 Å². The number of amides is 1. The third-order valence-corrected chi connectivity index (χ3v) is 5.68. The van der Waals surface area contributed by atoms with Crippen LogP contribution in [0, 0.1) is 34.3 Å². The highest BCUT2D eigenvalue weighted by molar-refractivity contribution is 7.16. The van der Waals surface area contributed by atoms with Crippen molar-refractivity contribution >= 4 is 27.9 Å². The van der Waals surface area contributed by atoms with Gasteiger partial charge in [-0.25, -0.2) is 0 Å². The van der Waals surface area contributed by atoms with Crippen molar-refractivity contribution in [2.75, 3.05) is 5.32 Å². The van der Waals surface area contributed by atoms with Crippen LogP contribution in [0.5, 0.6) is 0 Å². The Bertz CT molecular complexity index is 911. The maximum Gasteiger partial charge on any atom is 0.272 e. The molecule has 1 heterocycles. The highest BCUT2D eigenvalue weighted by Crippen LogP contribution is 2.39. The van der Waals surface area contributed by atoms with E-state index in [-0.39, 0.29) is 11.6 Å². The molecule has 1 N–H and O–H groups in total. The molecule has 1 amide bonds. The minimum Gasteiger partial charge on any atom is -0.312 e. The second-order valence-electron chi connectivity index (χ2n) is 6.38. The Kier molecular flexibility index (Phi) is 4.55. The number of anilines is 1. The van der Waals surface area contributed by atoms with E-state index >= 15 is 0 Å². The van der Waals surface area contributed by atoms with Gasteiger partial charge in [0.15, 0.2) is 0 Å². The van der Waals surface area contributed by atoms with E-state index in [1.165, 1.54) is 34.4 Å². The summed E-state index contributed by atoms with van der Waals surface area (Å²) in [7, 11) is 0. The predicted octanol–water partition coefficient (Wildman–Crippen LogP) is 4.21. The number of hydrogen-bond donors (Lipinski definition) is 1. The number of nitrogens with zero attached hydrogens (tertiary/aromatic N) is 2. The minimum absolute atomic E-state index is 0.0187. The largest absolute Gasteiger partial charge is 0.312 e. The van der Waals surface area contributed by atoms with Crippen LogP contribution in [0.1, 0.15) is 45.3 Å². The van der Waals surface area contributed by atoms with Crippen molar-refractivity contribution in [3.8, 4) is 6.07 Å². The molecule has 1 aromatic carbocycles. The smallest absolute Gasteiger partial charge is 0.272 e. The maximum absolute atomic E-state index is 12.5. The van der Waals surface area contributed by atoms with Gasteiger partial charge in [-0.05, 0) is 49.8 Å². The average Bonchev–Trinajstić information content (AvgIpc) is 2.90. The summed E-state index contributed by atoms with van der Waals surface area (Å²) >= 11 is 1.46. The number of fused-ring (bicyclic) bond motifs is 1. The number of aryl methyl sites for hydroxylation is 1. The maximum atomic E-state index is 12.5. The van der Waals surface area contributed by atoms with E-state index in [0.717, 1.165) is 24.8 Å². The lowest BCUT2D eigenvalue weighted by Crippen LogP contribution is -2.12. The molecule has 1 aliphatic carbocycles. The van der Waals surface area contributed by atoms with Gasteiger partial charge in [-0.3, -0.25) is 14.9 Å². The zero-order valence-electron chi connectivity index (χ0n) is 14.0. The number of carbonyl (C=O) groups excluding carboxylic acids is 1.